The molecule has 0 saturated carbocycles. The summed E-state index contributed by atoms with van der Waals surface area (Å²) in [5.41, 5.74) is 7.36. The molecule has 0 aliphatic heterocycles. The molecule has 1 atom stereocenters. The Balaban J connectivity index is 2.45. The van der Waals surface area contributed by atoms with E-state index in [0.717, 1.165) is 10.9 Å². The molecule has 1 unspecified atom stereocenters. The van der Waals surface area contributed by atoms with Crippen LogP contribution in [0.1, 0.15) is 18.5 Å². The SMILES string of the molecule is CCOC(=O)C(N)c1c[nH]c2cccc(Cl)c12. The van der Waals surface area contributed by atoms with Crippen molar-refractivity contribution in [3.05, 3.63) is 35.0 Å². The number of ether oxygens (including phenoxy) is 1. The van der Waals surface area contributed by atoms with Crippen LogP contribution in [0.25, 0.3) is 10.9 Å². The largest absolute Gasteiger partial charge is 0.465 e. The number of fused-ring (bicyclic) bond motifs is 1. The van der Waals surface area contributed by atoms with Gasteiger partial charge in [0.2, 0.25) is 0 Å². The van der Waals surface area contributed by atoms with Gasteiger partial charge in [-0.1, -0.05) is 17.7 Å². The van der Waals surface area contributed by atoms with Crippen molar-refractivity contribution in [3.63, 3.8) is 0 Å². The Labute approximate surface area is 104 Å². The van der Waals surface area contributed by atoms with Gasteiger partial charge in [-0.05, 0) is 19.1 Å². The molecule has 0 fully saturated rings. The fraction of sp³-hybridized carbons (Fsp3) is 0.250. The molecule has 1 aromatic carbocycles. The van der Waals surface area contributed by atoms with Crippen LogP contribution in [0.4, 0.5) is 0 Å². The fourth-order valence-electron chi connectivity index (χ4n) is 1.77. The fourth-order valence-corrected chi connectivity index (χ4v) is 2.05. The number of H-pyrrole nitrogens is 1. The molecule has 0 spiro atoms. The lowest BCUT2D eigenvalue weighted by Crippen LogP contribution is -2.23. The maximum Gasteiger partial charge on any atom is 0.327 e. The monoisotopic (exact) mass is 252 g/mol. The smallest absolute Gasteiger partial charge is 0.327 e. The molecule has 1 heterocycles. The minimum atomic E-state index is -0.816. The second-order valence-electron chi connectivity index (χ2n) is 3.64. The van der Waals surface area contributed by atoms with E-state index in [9.17, 15) is 4.79 Å². The van der Waals surface area contributed by atoms with Crippen molar-refractivity contribution in [1.29, 1.82) is 0 Å². The third-order valence-corrected chi connectivity index (χ3v) is 2.88. The molecule has 2 aromatic rings. The highest BCUT2D eigenvalue weighted by Gasteiger charge is 2.21. The summed E-state index contributed by atoms with van der Waals surface area (Å²) in [5, 5.41) is 1.34. The number of esters is 1. The summed E-state index contributed by atoms with van der Waals surface area (Å²) in [5.74, 6) is -0.451. The molecule has 0 bridgehead atoms. The Hall–Kier alpha value is -1.52. The molecule has 5 heteroatoms. The van der Waals surface area contributed by atoms with Gasteiger partial charge in [0.15, 0.2) is 0 Å². The molecular formula is C12H13ClN2O2. The Morgan fingerprint density at radius 3 is 3.06 bits per heavy atom. The van der Waals surface area contributed by atoms with Crippen molar-refractivity contribution in [2.75, 3.05) is 6.61 Å². The first-order chi connectivity index (χ1) is 8.15. The predicted octanol–water partition coefficient (Wildman–Crippen LogP) is 2.38. The van der Waals surface area contributed by atoms with Crippen molar-refractivity contribution in [2.45, 2.75) is 13.0 Å². The number of hydrogen-bond acceptors (Lipinski definition) is 3. The van der Waals surface area contributed by atoms with Crippen LogP contribution in [0.5, 0.6) is 0 Å². The zero-order chi connectivity index (χ0) is 12.4. The summed E-state index contributed by atoms with van der Waals surface area (Å²) in [4.78, 5) is 14.6. The number of nitrogens with one attached hydrogen (secondary N) is 1. The van der Waals surface area contributed by atoms with Crippen molar-refractivity contribution in [1.82, 2.24) is 4.98 Å². The lowest BCUT2D eigenvalue weighted by atomic mass is 10.1. The maximum absolute atomic E-state index is 11.6. The van der Waals surface area contributed by atoms with Crippen LogP contribution in [0.2, 0.25) is 5.02 Å². The highest BCUT2D eigenvalue weighted by molar-refractivity contribution is 6.35. The van der Waals surface area contributed by atoms with Crippen LogP contribution >= 0.6 is 11.6 Å². The Kier molecular flexibility index (Phi) is 3.36. The van der Waals surface area contributed by atoms with E-state index >= 15 is 0 Å². The van der Waals surface area contributed by atoms with Gasteiger partial charge >= 0.3 is 5.97 Å². The molecule has 1 aromatic heterocycles. The summed E-state index contributed by atoms with van der Waals surface area (Å²) in [7, 11) is 0. The third kappa shape index (κ3) is 2.14. The summed E-state index contributed by atoms with van der Waals surface area (Å²) >= 11 is 6.10. The van der Waals surface area contributed by atoms with Gasteiger partial charge in [0.25, 0.3) is 0 Å². The zero-order valence-corrected chi connectivity index (χ0v) is 10.1. The average Bonchev–Trinajstić information content (AvgIpc) is 2.73. The molecule has 0 amide bonds. The van der Waals surface area contributed by atoms with E-state index in [1.807, 2.05) is 12.1 Å². The van der Waals surface area contributed by atoms with Gasteiger partial charge in [-0.2, -0.15) is 0 Å². The summed E-state index contributed by atoms with van der Waals surface area (Å²) in [6.07, 6.45) is 1.69. The maximum atomic E-state index is 11.6. The van der Waals surface area contributed by atoms with Gasteiger partial charge < -0.3 is 15.5 Å². The number of hydrogen-bond donors (Lipinski definition) is 2. The van der Waals surface area contributed by atoms with E-state index in [1.54, 1.807) is 19.2 Å². The van der Waals surface area contributed by atoms with E-state index in [4.69, 9.17) is 22.1 Å². The van der Waals surface area contributed by atoms with Crippen LogP contribution in [-0.2, 0) is 9.53 Å². The number of halogens is 1. The topological polar surface area (TPSA) is 68.1 Å². The number of nitrogens with two attached hydrogens (primary N) is 1. The van der Waals surface area contributed by atoms with Crippen LogP contribution in [0.3, 0.4) is 0 Å². The van der Waals surface area contributed by atoms with Gasteiger partial charge in [0, 0.05) is 22.7 Å². The Bertz CT molecular complexity index is 550. The highest BCUT2D eigenvalue weighted by Crippen LogP contribution is 2.29. The lowest BCUT2D eigenvalue weighted by Gasteiger charge is -2.09. The van der Waals surface area contributed by atoms with Crippen molar-refractivity contribution in [2.24, 2.45) is 5.73 Å². The van der Waals surface area contributed by atoms with Gasteiger partial charge in [0.1, 0.15) is 6.04 Å². The number of aromatic amines is 1. The molecular weight excluding hydrogens is 240 g/mol. The minimum Gasteiger partial charge on any atom is -0.465 e. The van der Waals surface area contributed by atoms with Gasteiger partial charge in [-0.3, -0.25) is 0 Å². The molecule has 0 radical (unpaired) electrons. The molecule has 0 aliphatic carbocycles. The summed E-state index contributed by atoms with van der Waals surface area (Å²) < 4.78 is 4.90. The standard InChI is InChI=1S/C12H13ClN2O2/c1-2-17-12(16)11(14)7-6-15-9-5-3-4-8(13)10(7)9/h3-6,11,15H,2,14H2,1H3. The van der Waals surface area contributed by atoms with E-state index in [1.165, 1.54) is 0 Å². The van der Waals surface area contributed by atoms with Gasteiger partial charge in [0.05, 0.1) is 11.6 Å². The predicted molar refractivity (Wildman–Crippen MR) is 66.9 cm³/mol. The van der Waals surface area contributed by atoms with Crippen molar-refractivity contribution in [3.8, 4) is 0 Å². The zero-order valence-electron chi connectivity index (χ0n) is 9.37. The van der Waals surface area contributed by atoms with E-state index in [2.05, 4.69) is 4.98 Å². The number of carbonyl (C=O) groups is 1. The quantitative estimate of drug-likeness (QED) is 0.824. The first-order valence-corrected chi connectivity index (χ1v) is 5.70. The number of carbonyl (C=O) groups excluding carboxylic acids is 1. The molecule has 4 nitrogen and oxygen atoms in total. The van der Waals surface area contributed by atoms with Crippen molar-refractivity contribution >= 4 is 28.5 Å². The second kappa shape index (κ2) is 4.77. The van der Waals surface area contributed by atoms with Gasteiger partial charge in [-0.15, -0.1) is 0 Å². The number of benzene rings is 1. The minimum absolute atomic E-state index is 0.308. The summed E-state index contributed by atoms with van der Waals surface area (Å²) in [6.45, 7) is 2.05. The third-order valence-electron chi connectivity index (χ3n) is 2.56. The van der Waals surface area contributed by atoms with E-state index in [0.29, 0.717) is 17.2 Å². The first kappa shape index (κ1) is 12.0. The van der Waals surface area contributed by atoms with Crippen LogP contribution in [-0.4, -0.2) is 17.6 Å². The molecule has 0 saturated heterocycles. The van der Waals surface area contributed by atoms with Gasteiger partial charge in [-0.25, -0.2) is 4.79 Å². The number of rotatable bonds is 3. The molecule has 2 rings (SSSR count). The molecule has 0 aliphatic rings. The lowest BCUT2D eigenvalue weighted by molar-refractivity contribution is -0.144. The second-order valence-corrected chi connectivity index (χ2v) is 4.04. The van der Waals surface area contributed by atoms with Crippen LogP contribution < -0.4 is 5.73 Å². The first-order valence-electron chi connectivity index (χ1n) is 5.33. The van der Waals surface area contributed by atoms with Crippen molar-refractivity contribution < 1.29 is 9.53 Å². The molecule has 3 N–H and O–H groups in total. The van der Waals surface area contributed by atoms with Crippen LogP contribution in [0.15, 0.2) is 24.4 Å². The van der Waals surface area contributed by atoms with E-state index in [-0.39, 0.29) is 0 Å². The Morgan fingerprint density at radius 1 is 1.59 bits per heavy atom. The molecule has 90 valence electrons. The van der Waals surface area contributed by atoms with Crippen LogP contribution in [0, 0.1) is 0 Å². The van der Waals surface area contributed by atoms with E-state index < -0.39 is 12.0 Å². The normalized spacial score (nSPS) is 12.6. The average molecular weight is 253 g/mol. The number of aromatic nitrogens is 1. The molecule has 17 heavy (non-hydrogen) atoms. The Morgan fingerprint density at radius 2 is 2.35 bits per heavy atom. The summed E-state index contributed by atoms with van der Waals surface area (Å²) in [6, 6.07) is 4.66. The highest BCUT2D eigenvalue weighted by atomic mass is 35.5.